The molecule has 0 radical (unpaired) electrons. The number of rotatable bonds is 5. The number of nitrogens with zero attached hydrogens (tertiary/aromatic N) is 1. The third-order valence-electron chi connectivity index (χ3n) is 2.32. The highest BCUT2D eigenvalue weighted by atomic mass is 35.5. The highest BCUT2D eigenvalue weighted by molar-refractivity contribution is 7.98. The number of halogens is 1. The van der Waals surface area contributed by atoms with Gasteiger partial charge in [0.1, 0.15) is 5.82 Å². The van der Waals surface area contributed by atoms with Crippen molar-refractivity contribution in [3.63, 3.8) is 0 Å². The standard InChI is InChI=1S/C12H19N3OS.ClH/c1-8-6-9(2)14-11(7-8)15-12(16)10(13)4-5-17-3;/h6-7,10H,4-5,13H2,1-3H3,(H,14,15,16);1H. The Hall–Kier alpha value is -0.780. The van der Waals surface area contributed by atoms with Gasteiger partial charge in [-0.15, -0.1) is 12.4 Å². The molecule has 3 N–H and O–H groups in total. The molecule has 1 amide bonds. The predicted octanol–water partition coefficient (Wildman–Crippen LogP) is 2.14. The van der Waals surface area contributed by atoms with E-state index in [0.29, 0.717) is 12.2 Å². The maximum absolute atomic E-state index is 11.8. The summed E-state index contributed by atoms with van der Waals surface area (Å²) in [7, 11) is 0. The molecule has 4 nitrogen and oxygen atoms in total. The number of nitrogens with one attached hydrogen (secondary N) is 1. The number of nitrogens with two attached hydrogens (primary N) is 1. The van der Waals surface area contributed by atoms with Crippen LogP contribution in [-0.4, -0.2) is 28.9 Å². The van der Waals surface area contributed by atoms with Gasteiger partial charge in [0.2, 0.25) is 5.91 Å². The van der Waals surface area contributed by atoms with Crippen LogP contribution in [0.15, 0.2) is 12.1 Å². The molecule has 1 unspecified atom stereocenters. The van der Waals surface area contributed by atoms with Crippen molar-refractivity contribution >= 4 is 35.9 Å². The predicted molar refractivity (Wildman–Crippen MR) is 80.6 cm³/mol. The topological polar surface area (TPSA) is 68.0 Å². The summed E-state index contributed by atoms with van der Waals surface area (Å²) in [6.45, 7) is 3.87. The molecule has 1 heterocycles. The second kappa shape index (κ2) is 8.34. The first kappa shape index (κ1) is 17.2. The zero-order valence-electron chi connectivity index (χ0n) is 10.9. The average Bonchev–Trinajstić information content (AvgIpc) is 2.24. The molecular weight excluding hydrogens is 270 g/mol. The van der Waals surface area contributed by atoms with E-state index < -0.39 is 6.04 Å². The summed E-state index contributed by atoms with van der Waals surface area (Å²) < 4.78 is 0. The third kappa shape index (κ3) is 5.71. The SMILES string of the molecule is CSCCC(N)C(=O)Nc1cc(C)cc(C)n1.Cl. The number of carbonyl (C=O) groups excluding carboxylic acids is 1. The average molecular weight is 290 g/mol. The lowest BCUT2D eigenvalue weighted by atomic mass is 10.2. The molecule has 0 aliphatic rings. The van der Waals surface area contributed by atoms with Crippen LogP contribution >= 0.6 is 24.2 Å². The van der Waals surface area contributed by atoms with E-state index in [1.165, 1.54) is 0 Å². The maximum atomic E-state index is 11.8. The monoisotopic (exact) mass is 289 g/mol. The van der Waals surface area contributed by atoms with E-state index in [9.17, 15) is 4.79 Å². The van der Waals surface area contributed by atoms with Gasteiger partial charge in [-0.2, -0.15) is 11.8 Å². The van der Waals surface area contributed by atoms with Gasteiger partial charge >= 0.3 is 0 Å². The van der Waals surface area contributed by atoms with Gasteiger partial charge in [0.15, 0.2) is 0 Å². The van der Waals surface area contributed by atoms with Crippen molar-refractivity contribution < 1.29 is 4.79 Å². The van der Waals surface area contributed by atoms with Gasteiger partial charge in [-0.1, -0.05) is 0 Å². The van der Waals surface area contributed by atoms with Crippen LogP contribution in [0.5, 0.6) is 0 Å². The molecule has 1 rings (SSSR count). The molecule has 0 aliphatic heterocycles. The number of amides is 1. The van der Waals surface area contributed by atoms with E-state index >= 15 is 0 Å². The van der Waals surface area contributed by atoms with Crippen LogP contribution in [0.4, 0.5) is 5.82 Å². The first-order chi connectivity index (χ1) is 8.02. The Labute approximate surface area is 119 Å². The minimum absolute atomic E-state index is 0. The molecule has 18 heavy (non-hydrogen) atoms. The van der Waals surface area contributed by atoms with Crippen LogP contribution in [0, 0.1) is 13.8 Å². The molecule has 1 atom stereocenters. The number of hydrogen-bond acceptors (Lipinski definition) is 4. The van der Waals surface area contributed by atoms with E-state index in [4.69, 9.17) is 5.73 Å². The van der Waals surface area contributed by atoms with Crippen LogP contribution < -0.4 is 11.1 Å². The summed E-state index contributed by atoms with van der Waals surface area (Å²) in [5, 5.41) is 2.75. The first-order valence-electron chi connectivity index (χ1n) is 5.53. The third-order valence-corrected chi connectivity index (χ3v) is 2.96. The van der Waals surface area contributed by atoms with Crippen LogP contribution in [-0.2, 0) is 4.79 Å². The number of thioether (sulfide) groups is 1. The summed E-state index contributed by atoms with van der Waals surface area (Å²) in [6.07, 6.45) is 2.67. The van der Waals surface area contributed by atoms with Crippen molar-refractivity contribution in [2.45, 2.75) is 26.3 Å². The fourth-order valence-corrected chi connectivity index (χ4v) is 1.99. The van der Waals surface area contributed by atoms with E-state index in [-0.39, 0.29) is 18.3 Å². The lowest BCUT2D eigenvalue weighted by molar-refractivity contribution is -0.117. The Balaban J connectivity index is 0.00000289. The Morgan fingerprint density at radius 2 is 2.17 bits per heavy atom. The van der Waals surface area contributed by atoms with Crippen molar-refractivity contribution in [1.29, 1.82) is 0 Å². The van der Waals surface area contributed by atoms with E-state index in [1.807, 2.05) is 32.2 Å². The molecule has 0 saturated heterocycles. The lowest BCUT2D eigenvalue weighted by Gasteiger charge is -2.11. The fourth-order valence-electron chi connectivity index (χ4n) is 1.50. The molecule has 0 aromatic carbocycles. The first-order valence-corrected chi connectivity index (χ1v) is 6.93. The van der Waals surface area contributed by atoms with E-state index in [1.54, 1.807) is 11.8 Å². The van der Waals surface area contributed by atoms with Crippen molar-refractivity contribution in [2.75, 3.05) is 17.3 Å². The highest BCUT2D eigenvalue weighted by Gasteiger charge is 2.13. The summed E-state index contributed by atoms with van der Waals surface area (Å²) in [5.41, 5.74) is 7.74. The second-order valence-corrected chi connectivity index (χ2v) is 5.03. The van der Waals surface area contributed by atoms with Crippen molar-refractivity contribution in [2.24, 2.45) is 5.73 Å². The van der Waals surface area contributed by atoms with Gasteiger partial charge in [-0.3, -0.25) is 4.79 Å². The van der Waals surface area contributed by atoms with Crippen molar-refractivity contribution in [3.8, 4) is 0 Å². The van der Waals surface area contributed by atoms with E-state index in [2.05, 4.69) is 10.3 Å². The Morgan fingerprint density at radius 1 is 1.50 bits per heavy atom. The number of pyridine rings is 1. The smallest absolute Gasteiger partial charge is 0.242 e. The van der Waals surface area contributed by atoms with Crippen molar-refractivity contribution in [1.82, 2.24) is 4.98 Å². The maximum Gasteiger partial charge on any atom is 0.242 e. The molecule has 0 spiro atoms. The fraction of sp³-hybridized carbons (Fsp3) is 0.500. The van der Waals surface area contributed by atoms with Gasteiger partial charge in [0, 0.05) is 5.69 Å². The largest absolute Gasteiger partial charge is 0.320 e. The normalized spacial score (nSPS) is 11.6. The van der Waals surface area contributed by atoms with Gasteiger partial charge in [0.05, 0.1) is 6.04 Å². The molecule has 6 heteroatoms. The quantitative estimate of drug-likeness (QED) is 0.871. The Kier molecular flexibility index (Phi) is 7.98. The minimum atomic E-state index is -0.468. The molecule has 1 aromatic heterocycles. The Morgan fingerprint density at radius 3 is 2.72 bits per heavy atom. The number of carbonyl (C=O) groups is 1. The second-order valence-electron chi connectivity index (χ2n) is 4.05. The molecule has 0 saturated carbocycles. The zero-order valence-corrected chi connectivity index (χ0v) is 12.5. The minimum Gasteiger partial charge on any atom is -0.320 e. The van der Waals surface area contributed by atoms with Crippen LogP contribution in [0.1, 0.15) is 17.7 Å². The van der Waals surface area contributed by atoms with Crippen LogP contribution in [0.25, 0.3) is 0 Å². The molecule has 0 bridgehead atoms. The molecule has 0 fully saturated rings. The van der Waals surface area contributed by atoms with Gasteiger partial charge < -0.3 is 11.1 Å². The number of hydrogen-bond donors (Lipinski definition) is 2. The van der Waals surface area contributed by atoms with Gasteiger partial charge in [-0.25, -0.2) is 4.98 Å². The molecule has 0 aliphatic carbocycles. The summed E-state index contributed by atoms with van der Waals surface area (Å²) in [4.78, 5) is 16.0. The zero-order chi connectivity index (χ0) is 12.8. The molecule has 102 valence electrons. The highest BCUT2D eigenvalue weighted by Crippen LogP contribution is 2.09. The number of anilines is 1. The van der Waals surface area contributed by atoms with Crippen molar-refractivity contribution in [3.05, 3.63) is 23.4 Å². The van der Waals surface area contributed by atoms with Crippen LogP contribution in [0.3, 0.4) is 0 Å². The van der Waals surface area contributed by atoms with Crippen LogP contribution in [0.2, 0.25) is 0 Å². The molecule has 1 aromatic rings. The van der Waals surface area contributed by atoms with E-state index in [0.717, 1.165) is 17.0 Å². The summed E-state index contributed by atoms with van der Waals surface area (Å²) in [6, 6.07) is 3.33. The van der Waals surface area contributed by atoms with Gasteiger partial charge in [-0.05, 0) is 50.0 Å². The number of aromatic nitrogens is 1. The Bertz CT molecular complexity index is 381. The summed E-state index contributed by atoms with van der Waals surface area (Å²) in [5.74, 6) is 1.29. The molecular formula is C12H20ClN3OS. The summed E-state index contributed by atoms with van der Waals surface area (Å²) >= 11 is 1.68. The number of aryl methyl sites for hydroxylation is 2. The van der Waals surface area contributed by atoms with Gasteiger partial charge in [0.25, 0.3) is 0 Å². The lowest BCUT2D eigenvalue weighted by Crippen LogP contribution is -2.36.